The Morgan fingerprint density at radius 2 is 2.19 bits per heavy atom. The standard InChI is InChI=1S/C11H12N4O/c1-8-7-9(3-5-12-8)14-11(16)10-4-6-13-15(10)2/h3-7H,1-2H3,(H,12,14,16). The van der Waals surface area contributed by atoms with E-state index >= 15 is 0 Å². The van der Waals surface area contributed by atoms with Crippen molar-refractivity contribution < 1.29 is 4.79 Å². The molecule has 82 valence electrons. The normalized spacial score (nSPS) is 10.1. The zero-order chi connectivity index (χ0) is 11.5. The molecular formula is C11H12N4O. The maximum Gasteiger partial charge on any atom is 0.273 e. The Kier molecular flexibility index (Phi) is 2.68. The first-order chi connectivity index (χ1) is 7.66. The maximum absolute atomic E-state index is 11.8. The van der Waals surface area contributed by atoms with Crippen LogP contribution in [0.15, 0.2) is 30.6 Å². The number of aryl methyl sites for hydroxylation is 2. The molecule has 2 aromatic rings. The quantitative estimate of drug-likeness (QED) is 0.824. The zero-order valence-corrected chi connectivity index (χ0v) is 9.14. The Balaban J connectivity index is 2.17. The van der Waals surface area contributed by atoms with E-state index in [9.17, 15) is 4.79 Å². The van der Waals surface area contributed by atoms with Gasteiger partial charge in [-0.1, -0.05) is 0 Å². The summed E-state index contributed by atoms with van der Waals surface area (Å²) in [5.74, 6) is -0.175. The van der Waals surface area contributed by atoms with E-state index in [0.29, 0.717) is 5.69 Å². The smallest absolute Gasteiger partial charge is 0.273 e. The molecule has 2 rings (SSSR count). The van der Waals surface area contributed by atoms with Gasteiger partial charge >= 0.3 is 0 Å². The van der Waals surface area contributed by atoms with Crippen LogP contribution in [0.1, 0.15) is 16.2 Å². The van der Waals surface area contributed by atoms with Gasteiger partial charge in [-0.2, -0.15) is 5.10 Å². The monoisotopic (exact) mass is 216 g/mol. The molecule has 0 spiro atoms. The lowest BCUT2D eigenvalue weighted by atomic mass is 10.3. The summed E-state index contributed by atoms with van der Waals surface area (Å²) in [4.78, 5) is 15.9. The molecule has 0 saturated carbocycles. The van der Waals surface area contributed by atoms with E-state index in [2.05, 4.69) is 15.4 Å². The fourth-order valence-electron chi connectivity index (χ4n) is 1.42. The van der Waals surface area contributed by atoms with Gasteiger partial charge in [-0.15, -0.1) is 0 Å². The van der Waals surface area contributed by atoms with Gasteiger partial charge < -0.3 is 5.32 Å². The Bertz CT molecular complexity index is 518. The molecule has 0 aliphatic carbocycles. The largest absolute Gasteiger partial charge is 0.321 e. The third-order valence-electron chi connectivity index (χ3n) is 2.21. The average Bonchev–Trinajstić information content (AvgIpc) is 2.64. The minimum atomic E-state index is -0.175. The van der Waals surface area contributed by atoms with Crippen molar-refractivity contribution in [2.24, 2.45) is 7.05 Å². The predicted molar refractivity (Wildman–Crippen MR) is 60.1 cm³/mol. The van der Waals surface area contributed by atoms with Crippen LogP contribution in [0.2, 0.25) is 0 Å². The lowest BCUT2D eigenvalue weighted by molar-refractivity contribution is 0.101. The first-order valence-electron chi connectivity index (χ1n) is 4.89. The molecule has 0 fully saturated rings. The van der Waals surface area contributed by atoms with E-state index in [1.165, 1.54) is 4.68 Å². The van der Waals surface area contributed by atoms with E-state index in [1.54, 1.807) is 31.6 Å². The zero-order valence-electron chi connectivity index (χ0n) is 9.14. The number of carbonyl (C=O) groups is 1. The highest BCUT2D eigenvalue weighted by atomic mass is 16.2. The van der Waals surface area contributed by atoms with Gasteiger partial charge in [0.2, 0.25) is 0 Å². The summed E-state index contributed by atoms with van der Waals surface area (Å²) < 4.78 is 1.53. The summed E-state index contributed by atoms with van der Waals surface area (Å²) in [6.07, 6.45) is 3.25. The summed E-state index contributed by atoms with van der Waals surface area (Å²) >= 11 is 0. The van der Waals surface area contributed by atoms with Gasteiger partial charge in [-0.3, -0.25) is 14.5 Å². The number of carbonyl (C=O) groups excluding carboxylic acids is 1. The van der Waals surface area contributed by atoms with Crippen LogP contribution >= 0.6 is 0 Å². The van der Waals surface area contributed by atoms with Crippen LogP contribution in [0.3, 0.4) is 0 Å². The lowest BCUT2D eigenvalue weighted by Crippen LogP contribution is -2.16. The number of hydrogen-bond donors (Lipinski definition) is 1. The highest BCUT2D eigenvalue weighted by Crippen LogP contribution is 2.09. The van der Waals surface area contributed by atoms with Gasteiger partial charge in [0.15, 0.2) is 0 Å². The molecule has 2 aromatic heterocycles. The third kappa shape index (κ3) is 2.08. The number of rotatable bonds is 2. The molecule has 0 aliphatic rings. The van der Waals surface area contributed by atoms with Crippen LogP contribution < -0.4 is 5.32 Å². The Hall–Kier alpha value is -2.17. The van der Waals surface area contributed by atoms with E-state index in [-0.39, 0.29) is 5.91 Å². The predicted octanol–water partition coefficient (Wildman–Crippen LogP) is 1.38. The van der Waals surface area contributed by atoms with Crippen LogP contribution in [0.25, 0.3) is 0 Å². The topological polar surface area (TPSA) is 59.8 Å². The second-order valence-electron chi connectivity index (χ2n) is 3.48. The summed E-state index contributed by atoms with van der Waals surface area (Å²) in [5, 5.41) is 6.73. The van der Waals surface area contributed by atoms with Gasteiger partial charge in [-0.05, 0) is 25.1 Å². The number of aromatic nitrogens is 3. The molecule has 2 heterocycles. The van der Waals surface area contributed by atoms with Crippen LogP contribution in [0.4, 0.5) is 5.69 Å². The SMILES string of the molecule is Cc1cc(NC(=O)c2ccnn2C)ccn1. The van der Waals surface area contributed by atoms with Crippen molar-refractivity contribution >= 4 is 11.6 Å². The molecule has 0 aromatic carbocycles. The second-order valence-corrected chi connectivity index (χ2v) is 3.48. The average molecular weight is 216 g/mol. The number of hydrogen-bond acceptors (Lipinski definition) is 3. The molecule has 0 radical (unpaired) electrons. The molecule has 0 atom stereocenters. The van der Waals surface area contributed by atoms with Crippen LogP contribution in [-0.2, 0) is 7.05 Å². The van der Waals surface area contributed by atoms with E-state index < -0.39 is 0 Å². The lowest BCUT2D eigenvalue weighted by Gasteiger charge is -2.05. The first kappa shape index (κ1) is 10.4. The molecule has 5 heteroatoms. The molecule has 0 bridgehead atoms. The number of amides is 1. The van der Waals surface area contributed by atoms with E-state index in [1.807, 2.05) is 13.0 Å². The maximum atomic E-state index is 11.8. The minimum Gasteiger partial charge on any atom is -0.321 e. The van der Waals surface area contributed by atoms with E-state index in [4.69, 9.17) is 0 Å². The fraction of sp³-hybridized carbons (Fsp3) is 0.182. The number of nitrogens with one attached hydrogen (secondary N) is 1. The van der Waals surface area contributed by atoms with Crippen LogP contribution in [-0.4, -0.2) is 20.7 Å². The van der Waals surface area contributed by atoms with Crippen LogP contribution in [0.5, 0.6) is 0 Å². The van der Waals surface area contributed by atoms with Crippen molar-refractivity contribution in [3.8, 4) is 0 Å². The highest BCUT2D eigenvalue weighted by molar-refractivity contribution is 6.02. The van der Waals surface area contributed by atoms with Gasteiger partial charge in [0.25, 0.3) is 5.91 Å². The minimum absolute atomic E-state index is 0.175. The molecular weight excluding hydrogens is 204 g/mol. The van der Waals surface area contributed by atoms with Crippen molar-refractivity contribution in [3.05, 3.63) is 42.0 Å². The van der Waals surface area contributed by atoms with E-state index in [0.717, 1.165) is 11.4 Å². The molecule has 5 nitrogen and oxygen atoms in total. The molecule has 1 N–H and O–H groups in total. The molecule has 0 aliphatic heterocycles. The molecule has 0 unspecified atom stereocenters. The Morgan fingerprint density at radius 1 is 1.38 bits per heavy atom. The van der Waals surface area contributed by atoms with Crippen molar-refractivity contribution in [2.75, 3.05) is 5.32 Å². The van der Waals surface area contributed by atoms with Crippen LogP contribution in [0, 0.1) is 6.92 Å². The Labute approximate surface area is 93.1 Å². The fourth-order valence-corrected chi connectivity index (χ4v) is 1.42. The summed E-state index contributed by atoms with van der Waals surface area (Å²) in [7, 11) is 1.73. The third-order valence-corrected chi connectivity index (χ3v) is 2.21. The van der Waals surface area contributed by atoms with Crippen molar-refractivity contribution in [1.29, 1.82) is 0 Å². The van der Waals surface area contributed by atoms with Gasteiger partial charge in [0.05, 0.1) is 0 Å². The number of nitrogens with zero attached hydrogens (tertiary/aromatic N) is 3. The molecule has 16 heavy (non-hydrogen) atoms. The van der Waals surface area contributed by atoms with Crippen molar-refractivity contribution in [1.82, 2.24) is 14.8 Å². The van der Waals surface area contributed by atoms with Crippen molar-refractivity contribution in [3.63, 3.8) is 0 Å². The highest BCUT2D eigenvalue weighted by Gasteiger charge is 2.09. The van der Waals surface area contributed by atoms with Gasteiger partial charge in [0, 0.05) is 30.8 Å². The number of anilines is 1. The van der Waals surface area contributed by atoms with Gasteiger partial charge in [-0.25, -0.2) is 0 Å². The summed E-state index contributed by atoms with van der Waals surface area (Å²) in [6, 6.07) is 5.24. The first-order valence-corrected chi connectivity index (χ1v) is 4.89. The Morgan fingerprint density at radius 3 is 2.81 bits per heavy atom. The second kappa shape index (κ2) is 4.14. The molecule has 0 saturated heterocycles. The van der Waals surface area contributed by atoms with Gasteiger partial charge in [0.1, 0.15) is 5.69 Å². The molecule has 1 amide bonds. The van der Waals surface area contributed by atoms with Crippen molar-refractivity contribution in [2.45, 2.75) is 6.92 Å². The summed E-state index contributed by atoms with van der Waals surface area (Å²) in [5.41, 5.74) is 2.12. The summed E-state index contributed by atoms with van der Waals surface area (Å²) in [6.45, 7) is 1.87. The number of pyridine rings is 1.